The number of anilines is 1. The van der Waals surface area contributed by atoms with Crippen molar-refractivity contribution < 1.29 is 9.53 Å². The average molecular weight is 430 g/mol. The fraction of sp³-hybridized carbons (Fsp3) is 0.682. The van der Waals surface area contributed by atoms with Crippen molar-refractivity contribution >= 4 is 33.3 Å². The lowest BCUT2D eigenvalue weighted by Crippen LogP contribution is -2.48. The Bertz CT molecular complexity index is 931. The molecule has 3 aliphatic rings. The molecule has 0 radical (unpaired) electrons. The van der Waals surface area contributed by atoms with Gasteiger partial charge in [-0.2, -0.15) is 0 Å². The molecule has 2 aromatic heterocycles. The SMILES string of the molecule is CC(=O)N1CCN(c2nc(CN3CCOCC3)nc3sc4c(c23)CC[C@@H](C)C4)CC1. The Morgan fingerprint density at radius 1 is 1.13 bits per heavy atom. The molecule has 4 heterocycles. The number of carbonyl (C=O) groups excluding carboxylic acids is 1. The fourth-order valence-electron chi connectivity index (χ4n) is 4.86. The van der Waals surface area contributed by atoms with Gasteiger partial charge in [-0.1, -0.05) is 6.92 Å². The van der Waals surface area contributed by atoms with Crippen molar-refractivity contribution in [3.8, 4) is 0 Å². The largest absolute Gasteiger partial charge is 0.379 e. The molecule has 2 aromatic rings. The number of fused-ring (bicyclic) bond motifs is 3. The van der Waals surface area contributed by atoms with Gasteiger partial charge in [-0.05, 0) is 30.7 Å². The zero-order valence-electron chi connectivity index (χ0n) is 18.0. The molecule has 0 bridgehead atoms. The summed E-state index contributed by atoms with van der Waals surface area (Å²) in [4.78, 5) is 31.3. The van der Waals surface area contributed by atoms with Crippen molar-refractivity contribution in [3.05, 3.63) is 16.3 Å². The highest BCUT2D eigenvalue weighted by Crippen LogP contribution is 2.41. The molecule has 2 fully saturated rings. The molecule has 1 atom stereocenters. The molecular formula is C22H31N5O2S. The Morgan fingerprint density at radius 2 is 1.90 bits per heavy atom. The van der Waals surface area contributed by atoms with Gasteiger partial charge >= 0.3 is 0 Å². The maximum absolute atomic E-state index is 11.8. The van der Waals surface area contributed by atoms with E-state index >= 15 is 0 Å². The van der Waals surface area contributed by atoms with Gasteiger partial charge in [0, 0.05) is 51.1 Å². The lowest BCUT2D eigenvalue weighted by Gasteiger charge is -2.35. The first-order chi connectivity index (χ1) is 14.6. The number of amides is 1. The van der Waals surface area contributed by atoms with Gasteiger partial charge in [-0.3, -0.25) is 9.69 Å². The number of hydrogen-bond acceptors (Lipinski definition) is 7. The van der Waals surface area contributed by atoms with Crippen molar-refractivity contribution in [1.82, 2.24) is 19.8 Å². The molecule has 5 rings (SSSR count). The predicted octanol–water partition coefficient (Wildman–Crippen LogP) is 2.32. The van der Waals surface area contributed by atoms with Gasteiger partial charge < -0.3 is 14.5 Å². The standard InChI is InChI=1S/C22H31N5O2S/c1-15-3-4-17-18(13-15)30-22-20(17)21(27-7-5-26(6-8-27)16(2)28)23-19(24-22)14-25-9-11-29-12-10-25/h15H,3-14H2,1-2H3/t15-/m1/s1. The first-order valence-corrected chi connectivity index (χ1v) is 12.0. The molecule has 7 nitrogen and oxygen atoms in total. The lowest BCUT2D eigenvalue weighted by molar-refractivity contribution is -0.129. The summed E-state index contributed by atoms with van der Waals surface area (Å²) in [6, 6.07) is 0. The van der Waals surface area contributed by atoms with Crippen LogP contribution in [0.3, 0.4) is 0 Å². The quantitative estimate of drug-likeness (QED) is 0.746. The van der Waals surface area contributed by atoms with Crippen molar-refractivity contribution in [3.63, 3.8) is 0 Å². The van der Waals surface area contributed by atoms with Crippen LogP contribution in [-0.2, 0) is 28.9 Å². The van der Waals surface area contributed by atoms with Gasteiger partial charge in [0.2, 0.25) is 5.91 Å². The number of nitrogens with zero attached hydrogens (tertiary/aromatic N) is 5. The van der Waals surface area contributed by atoms with E-state index in [0.717, 1.165) is 94.3 Å². The third-order valence-corrected chi connectivity index (χ3v) is 7.82. The summed E-state index contributed by atoms with van der Waals surface area (Å²) in [5.41, 5.74) is 1.48. The summed E-state index contributed by atoms with van der Waals surface area (Å²) < 4.78 is 5.50. The van der Waals surface area contributed by atoms with E-state index < -0.39 is 0 Å². The van der Waals surface area contributed by atoms with Gasteiger partial charge in [0.15, 0.2) is 0 Å². The minimum absolute atomic E-state index is 0.164. The lowest BCUT2D eigenvalue weighted by atomic mass is 9.89. The van der Waals surface area contributed by atoms with Crippen LogP contribution in [0.15, 0.2) is 0 Å². The van der Waals surface area contributed by atoms with Crippen LogP contribution in [0.4, 0.5) is 5.82 Å². The van der Waals surface area contributed by atoms with Crippen molar-refractivity contribution in [2.24, 2.45) is 5.92 Å². The summed E-state index contributed by atoms with van der Waals surface area (Å²) in [5, 5.41) is 1.28. The smallest absolute Gasteiger partial charge is 0.219 e. The van der Waals surface area contributed by atoms with Crippen LogP contribution in [0.2, 0.25) is 0 Å². The number of ether oxygens (including phenoxy) is 1. The molecule has 0 saturated carbocycles. The topological polar surface area (TPSA) is 61.8 Å². The van der Waals surface area contributed by atoms with Crippen molar-refractivity contribution in [1.29, 1.82) is 0 Å². The number of morpholine rings is 1. The van der Waals surface area contributed by atoms with Crippen LogP contribution in [-0.4, -0.2) is 78.2 Å². The summed E-state index contributed by atoms with van der Waals surface area (Å²) in [6.07, 6.45) is 3.53. The van der Waals surface area contributed by atoms with Crippen LogP contribution in [0.1, 0.15) is 36.5 Å². The normalized spacial score (nSPS) is 23.1. The molecule has 30 heavy (non-hydrogen) atoms. The Labute approximate surface area is 182 Å². The molecular weight excluding hydrogens is 398 g/mol. The van der Waals surface area contributed by atoms with E-state index in [1.165, 1.54) is 22.2 Å². The number of thiophene rings is 1. The van der Waals surface area contributed by atoms with Gasteiger partial charge in [-0.25, -0.2) is 9.97 Å². The van der Waals surface area contributed by atoms with Crippen LogP contribution in [0, 0.1) is 5.92 Å². The van der Waals surface area contributed by atoms with Gasteiger partial charge in [0.1, 0.15) is 16.5 Å². The Morgan fingerprint density at radius 3 is 2.63 bits per heavy atom. The van der Waals surface area contributed by atoms with Crippen molar-refractivity contribution in [2.45, 2.75) is 39.7 Å². The first-order valence-electron chi connectivity index (χ1n) is 11.2. The summed E-state index contributed by atoms with van der Waals surface area (Å²) in [5.74, 6) is 2.92. The molecule has 2 aliphatic heterocycles. The number of aromatic nitrogens is 2. The highest BCUT2D eigenvalue weighted by atomic mass is 32.1. The molecule has 1 aliphatic carbocycles. The van der Waals surface area contributed by atoms with E-state index in [1.807, 2.05) is 16.2 Å². The third kappa shape index (κ3) is 3.92. The van der Waals surface area contributed by atoms with E-state index in [2.05, 4.69) is 16.7 Å². The molecule has 162 valence electrons. The first kappa shape index (κ1) is 20.2. The third-order valence-electron chi connectivity index (χ3n) is 6.68. The highest BCUT2D eigenvalue weighted by Gasteiger charge is 2.28. The summed E-state index contributed by atoms with van der Waals surface area (Å²) in [7, 11) is 0. The maximum Gasteiger partial charge on any atom is 0.219 e. The van der Waals surface area contributed by atoms with Crippen LogP contribution in [0.25, 0.3) is 10.2 Å². The second kappa shape index (κ2) is 8.40. The molecule has 0 N–H and O–H groups in total. The van der Waals surface area contributed by atoms with E-state index in [0.29, 0.717) is 0 Å². The molecule has 0 spiro atoms. The van der Waals surface area contributed by atoms with Gasteiger partial charge in [-0.15, -0.1) is 11.3 Å². The number of carbonyl (C=O) groups is 1. The zero-order chi connectivity index (χ0) is 20.7. The molecule has 2 saturated heterocycles. The highest BCUT2D eigenvalue weighted by molar-refractivity contribution is 7.19. The van der Waals surface area contributed by atoms with E-state index in [4.69, 9.17) is 14.7 Å². The van der Waals surface area contributed by atoms with Crippen molar-refractivity contribution in [2.75, 3.05) is 57.4 Å². The summed E-state index contributed by atoms with van der Waals surface area (Å²) >= 11 is 1.88. The average Bonchev–Trinajstić information content (AvgIpc) is 3.11. The Hall–Kier alpha value is -1.77. The number of hydrogen-bond donors (Lipinski definition) is 0. The minimum atomic E-state index is 0.164. The number of rotatable bonds is 3. The minimum Gasteiger partial charge on any atom is -0.379 e. The molecule has 8 heteroatoms. The molecule has 0 aromatic carbocycles. The van der Waals surface area contributed by atoms with E-state index in [1.54, 1.807) is 6.92 Å². The zero-order valence-corrected chi connectivity index (χ0v) is 18.8. The van der Waals surface area contributed by atoms with Crippen LogP contribution >= 0.6 is 11.3 Å². The summed E-state index contributed by atoms with van der Waals surface area (Å²) in [6.45, 7) is 11.4. The second-order valence-electron chi connectivity index (χ2n) is 8.88. The predicted molar refractivity (Wildman–Crippen MR) is 119 cm³/mol. The van der Waals surface area contributed by atoms with Crippen LogP contribution < -0.4 is 4.90 Å². The Balaban J connectivity index is 1.51. The number of aryl methyl sites for hydroxylation is 1. The van der Waals surface area contributed by atoms with Gasteiger partial charge in [0.25, 0.3) is 0 Å². The van der Waals surface area contributed by atoms with E-state index in [9.17, 15) is 4.79 Å². The molecule has 0 unspecified atom stereocenters. The maximum atomic E-state index is 11.8. The monoisotopic (exact) mass is 429 g/mol. The Kier molecular flexibility index (Phi) is 5.64. The van der Waals surface area contributed by atoms with Gasteiger partial charge in [0.05, 0.1) is 25.1 Å². The van der Waals surface area contributed by atoms with E-state index in [-0.39, 0.29) is 5.91 Å². The number of piperazine rings is 1. The second-order valence-corrected chi connectivity index (χ2v) is 9.96. The fourth-order valence-corrected chi connectivity index (χ4v) is 6.25. The van der Waals surface area contributed by atoms with Crippen LogP contribution in [0.5, 0.6) is 0 Å². The molecule has 1 amide bonds.